The number of ether oxygens (including phenoxy) is 1. The lowest BCUT2D eigenvalue weighted by Gasteiger charge is -2.33. The minimum Gasteiger partial charge on any atom is -0.381 e. The number of nitro benzene ring substituents is 1. The number of rotatable bonds is 3. The number of hydrogen-bond donors (Lipinski definition) is 1. The molecule has 2 rings (SSSR count). The van der Waals surface area contributed by atoms with E-state index in [1.165, 1.54) is 6.07 Å². The topological polar surface area (TPSA) is 78.4 Å². The van der Waals surface area contributed by atoms with Crippen molar-refractivity contribution in [1.29, 1.82) is 0 Å². The Balaban J connectivity index is 2.12. The molecule has 0 spiro atoms. The fraction of sp³-hybridized carbons (Fsp3) is 0.500. The van der Waals surface area contributed by atoms with Crippen molar-refractivity contribution < 1.29 is 9.66 Å². The molecule has 1 saturated heterocycles. The molecular formula is C12H16N2O3. The lowest BCUT2D eigenvalue weighted by molar-refractivity contribution is -0.384. The Morgan fingerprint density at radius 2 is 2.12 bits per heavy atom. The van der Waals surface area contributed by atoms with Crippen LogP contribution < -0.4 is 5.73 Å². The normalized spacial score (nSPS) is 18.9. The standard InChI is InChI=1S/C12H16N2O3/c13-12(4-6-17-7-5-12)9-10-2-1-3-11(8-10)14(15)16/h1-3,8H,4-7,9,13H2. The molecule has 1 aromatic carbocycles. The molecule has 92 valence electrons. The van der Waals surface area contributed by atoms with Crippen LogP contribution in [0, 0.1) is 10.1 Å². The van der Waals surface area contributed by atoms with Gasteiger partial charge in [0.05, 0.1) is 4.92 Å². The molecule has 0 aliphatic carbocycles. The third kappa shape index (κ3) is 3.01. The Morgan fingerprint density at radius 3 is 2.76 bits per heavy atom. The molecule has 2 N–H and O–H groups in total. The van der Waals surface area contributed by atoms with Crippen LogP contribution in [-0.2, 0) is 11.2 Å². The zero-order chi connectivity index (χ0) is 12.3. The van der Waals surface area contributed by atoms with E-state index in [-0.39, 0.29) is 16.1 Å². The van der Waals surface area contributed by atoms with Crippen molar-refractivity contribution in [3.05, 3.63) is 39.9 Å². The summed E-state index contributed by atoms with van der Waals surface area (Å²) in [5.41, 5.74) is 7.03. The molecule has 1 aliphatic rings. The van der Waals surface area contributed by atoms with Crippen molar-refractivity contribution in [3.8, 4) is 0 Å². The minimum atomic E-state index is -0.378. The maximum absolute atomic E-state index is 10.7. The quantitative estimate of drug-likeness (QED) is 0.639. The maximum Gasteiger partial charge on any atom is 0.269 e. The highest BCUT2D eigenvalue weighted by atomic mass is 16.6. The SMILES string of the molecule is NC1(Cc2cccc([N+](=O)[O-])c2)CCOCC1. The molecule has 0 bridgehead atoms. The van der Waals surface area contributed by atoms with Crippen molar-refractivity contribution in [1.82, 2.24) is 0 Å². The van der Waals surface area contributed by atoms with Crippen molar-refractivity contribution in [2.75, 3.05) is 13.2 Å². The van der Waals surface area contributed by atoms with Gasteiger partial charge in [-0.25, -0.2) is 0 Å². The third-order valence-corrected chi connectivity index (χ3v) is 3.17. The second-order valence-corrected chi connectivity index (χ2v) is 4.58. The van der Waals surface area contributed by atoms with Gasteiger partial charge in [0, 0.05) is 30.9 Å². The van der Waals surface area contributed by atoms with Gasteiger partial charge in [0.25, 0.3) is 5.69 Å². The van der Waals surface area contributed by atoms with Gasteiger partial charge in [-0.2, -0.15) is 0 Å². The van der Waals surface area contributed by atoms with Gasteiger partial charge < -0.3 is 10.5 Å². The molecule has 1 fully saturated rings. The van der Waals surface area contributed by atoms with E-state index in [0.717, 1.165) is 18.4 Å². The summed E-state index contributed by atoms with van der Waals surface area (Å²) in [5.74, 6) is 0. The summed E-state index contributed by atoms with van der Waals surface area (Å²) in [6.07, 6.45) is 2.27. The molecule has 0 radical (unpaired) electrons. The van der Waals surface area contributed by atoms with E-state index < -0.39 is 0 Å². The van der Waals surface area contributed by atoms with E-state index >= 15 is 0 Å². The number of hydrogen-bond acceptors (Lipinski definition) is 4. The highest BCUT2D eigenvalue weighted by Crippen LogP contribution is 2.24. The molecule has 1 aromatic rings. The van der Waals surface area contributed by atoms with Gasteiger partial charge >= 0.3 is 0 Å². The summed E-state index contributed by atoms with van der Waals surface area (Å²) >= 11 is 0. The first kappa shape index (κ1) is 12.0. The third-order valence-electron chi connectivity index (χ3n) is 3.17. The average Bonchev–Trinajstić information content (AvgIpc) is 2.29. The van der Waals surface area contributed by atoms with E-state index in [1.807, 2.05) is 6.07 Å². The van der Waals surface area contributed by atoms with Crippen LogP contribution in [0.3, 0.4) is 0 Å². The van der Waals surface area contributed by atoms with Crippen LogP contribution in [0.1, 0.15) is 18.4 Å². The van der Waals surface area contributed by atoms with Crippen molar-refractivity contribution in [2.45, 2.75) is 24.8 Å². The zero-order valence-corrected chi connectivity index (χ0v) is 9.59. The van der Waals surface area contributed by atoms with E-state index in [1.54, 1.807) is 12.1 Å². The van der Waals surface area contributed by atoms with Crippen molar-refractivity contribution >= 4 is 5.69 Å². The molecule has 0 aromatic heterocycles. The Hall–Kier alpha value is -1.46. The molecule has 5 heteroatoms. The molecule has 1 aliphatic heterocycles. The molecule has 0 saturated carbocycles. The fourth-order valence-corrected chi connectivity index (χ4v) is 2.14. The van der Waals surface area contributed by atoms with Crippen LogP contribution in [0.25, 0.3) is 0 Å². The first-order chi connectivity index (χ1) is 8.09. The van der Waals surface area contributed by atoms with Gasteiger partial charge in [-0.05, 0) is 24.8 Å². The number of nitrogens with zero attached hydrogens (tertiary/aromatic N) is 1. The number of benzene rings is 1. The lowest BCUT2D eigenvalue weighted by atomic mass is 9.85. The van der Waals surface area contributed by atoms with Crippen LogP contribution in [0.5, 0.6) is 0 Å². The Kier molecular flexibility index (Phi) is 3.40. The van der Waals surface area contributed by atoms with Crippen LogP contribution in [0.2, 0.25) is 0 Å². The van der Waals surface area contributed by atoms with Crippen molar-refractivity contribution in [2.24, 2.45) is 5.73 Å². The van der Waals surface area contributed by atoms with Crippen LogP contribution in [0.4, 0.5) is 5.69 Å². The predicted octanol–water partition coefficient (Wildman–Crippen LogP) is 1.65. The lowest BCUT2D eigenvalue weighted by Crippen LogP contribution is -2.46. The highest BCUT2D eigenvalue weighted by Gasteiger charge is 2.28. The first-order valence-electron chi connectivity index (χ1n) is 5.69. The number of nitro groups is 1. The van der Waals surface area contributed by atoms with E-state index in [4.69, 9.17) is 10.5 Å². The second kappa shape index (κ2) is 4.81. The van der Waals surface area contributed by atoms with Gasteiger partial charge in [-0.15, -0.1) is 0 Å². The molecule has 0 unspecified atom stereocenters. The molecule has 1 heterocycles. The van der Waals surface area contributed by atoms with Gasteiger partial charge in [-0.1, -0.05) is 12.1 Å². The summed E-state index contributed by atoms with van der Waals surface area (Å²) in [4.78, 5) is 10.3. The van der Waals surface area contributed by atoms with E-state index in [0.29, 0.717) is 19.6 Å². The zero-order valence-electron chi connectivity index (χ0n) is 9.59. The summed E-state index contributed by atoms with van der Waals surface area (Å²) in [7, 11) is 0. The maximum atomic E-state index is 10.7. The van der Waals surface area contributed by atoms with Gasteiger partial charge in [-0.3, -0.25) is 10.1 Å². The van der Waals surface area contributed by atoms with Gasteiger partial charge in [0.2, 0.25) is 0 Å². The highest BCUT2D eigenvalue weighted by molar-refractivity contribution is 5.35. The number of non-ortho nitro benzene ring substituents is 1. The summed E-state index contributed by atoms with van der Waals surface area (Å²) in [6.45, 7) is 1.34. The molecule has 17 heavy (non-hydrogen) atoms. The Bertz CT molecular complexity index is 414. The minimum absolute atomic E-state index is 0.123. The Labute approximate surface area is 99.7 Å². The van der Waals surface area contributed by atoms with E-state index in [9.17, 15) is 10.1 Å². The van der Waals surface area contributed by atoms with E-state index in [2.05, 4.69) is 0 Å². The van der Waals surface area contributed by atoms with Crippen LogP contribution in [-0.4, -0.2) is 23.7 Å². The monoisotopic (exact) mass is 236 g/mol. The molecule has 0 atom stereocenters. The van der Waals surface area contributed by atoms with Crippen LogP contribution in [0.15, 0.2) is 24.3 Å². The molecule has 5 nitrogen and oxygen atoms in total. The summed E-state index contributed by atoms with van der Waals surface area (Å²) in [6, 6.07) is 6.69. The molecular weight excluding hydrogens is 220 g/mol. The first-order valence-corrected chi connectivity index (χ1v) is 5.69. The second-order valence-electron chi connectivity index (χ2n) is 4.58. The Morgan fingerprint density at radius 1 is 1.41 bits per heavy atom. The van der Waals surface area contributed by atoms with Crippen molar-refractivity contribution in [3.63, 3.8) is 0 Å². The van der Waals surface area contributed by atoms with Crippen LogP contribution >= 0.6 is 0 Å². The van der Waals surface area contributed by atoms with Gasteiger partial charge in [0.15, 0.2) is 0 Å². The smallest absolute Gasteiger partial charge is 0.269 e. The van der Waals surface area contributed by atoms with Gasteiger partial charge in [0.1, 0.15) is 0 Å². The number of nitrogens with two attached hydrogens (primary N) is 1. The predicted molar refractivity (Wildman–Crippen MR) is 63.8 cm³/mol. The largest absolute Gasteiger partial charge is 0.381 e. The molecule has 0 amide bonds. The fourth-order valence-electron chi connectivity index (χ4n) is 2.14. The summed E-state index contributed by atoms with van der Waals surface area (Å²) < 4.78 is 5.28. The summed E-state index contributed by atoms with van der Waals surface area (Å²) in [5, 5.41) is 10.7. The average molecular weight is 236 g/mol.